The average Bonchev–Trinajstić information content (AvgIpc) is 1.84. The van der Waals surface area contributed by atoms with Crippen molar-refractivity contribution in [1.82, 2.24) is 0 Å². The van der Waals surface area contributed by atoms with Crippen molar-refractivity contribution < 1.29 is 29.7 Å². The van der Waals surface area contributed by atoms with Crippen LogP contribution in [0.3, 0.4) is 0 Å². The van der Waals surface area contributed by atoms with Crippen LogP contribution >= 0.6 is 0 Å². The normalized spacial score (nSPS) is 12.1. The molecule has 0 saturated heterocycles. The van der Waals surface area contributed by atoms with Crippen molar-refractivity contribution in [2.75, 3.05) is 0 Å². The zero-order valence-corrected chi connectivity index (χ0v) is 5.35. The number of aliphatic carboxylic acids is 2. The zero-order valence-electron chi connectivity index (χ0n) is 5.35. The first kappa shape index (κ1) is 9.57. The van der Waals surface area contributed by atoms with Crippen LogP contribution in [-0.4, -0.2) is 39.1 Å². The zero-order chi connectivity index (χ0) is 9.02. The van der Waals surface area contributed by atoms with Gasteiger partial charge in [0.1, 0.15) is 6.10 Å². The number of carbonyl (C=O) groups is 3. The maximum Gasteiger partial charge on any atom is 0.375 e. The molecule has 0 fully saturated rings. The standard InChI is InChI=1S/C5H6O6/c6-2(1-3(7)8)4(9)5(10)11/h2,6H,1H2,(H,7,8)(H,10,11)/t2-/m1/s1. The number of carboxylic acids is 2. The minimum atomic E-state index is -1.95. The molecule has 62 valence electrons. The van der Waals surface area contributed by atoms with Crippen molar-refractivity contribution >= 4 is 17.7 Å². The van der Waals surface area contributed by atoms with E-state index in [0.29, 0.717) is 0 Å². The van der Waals surface area contributed by atoms with E-state index in [-0.39, 0.29) is 0 Å². The molecule has 6 nitrogen and oxygen atoms in total. The highest BCUT2D eigenvalue weighted by Gasteiger charge is 2.24. The lowest BCUT2D eigenvalue weighted by Crippen LogP contribution is -2.30. The Bertz CT molecular complexity index is 195. The van der Waals surface area contributed by atoms with E-state index < -0.39 is 30.2 Å². The van der Waals surface area contributed by atoms with Crippen molar-refractivity contribution in [3.63, 3.8) is 0 Å². The van der Waals surface area contributed by atoms with Gasteiger partial charge in [0.2, 0.25) is 0 Å². The minimum Gasteiger partial charge on any atom is -0.481 e. The number of hydrogen-bond donors (Lipinski definition) is 3. The van der Waals surface area contributed by atoms with E-state index in [4.69, 9.17) is 15.3 Å². The van der Waals surface area contributed by atoms with E-state index in [2.05, 4.69) is 0 Å². The lowest BCUT2D eigenvalue weighted by Gasteiger charge is -2.00. The molecule has 0 radical (unpaired) electrons. The van der Waals surface area contributed by atoms with Crippen molar-refractivity contribution in [3.05, 3.63) is 0 Å². The number of aliphatic hydroxyl groups is 1. The third-order valence-electron chi connectivity index (χ3n) is 0.881. The average molecular weight is 162 g/mol. The van der Waals surface area contributed by atoms with Crippen LogP contribution in [0, 0.1) is 0 Å². The summed E-state index contributed by atoms with van der Waals surface area (Å²) in [5.74, 6) is -4.77. The van der Waals surface area contributed by atoms with E-state index in [1.807, 2.05) is 0 Å². The number of carbonyl (C=O) groups excluding carboxylic acids is 1. The largest absolute Gasteiger partial charge is 0.481 e. The Labute approximate surface area is 61.1 Å². The highest BCUT2D eigenvalue weighted by molar-refractivity contribution is 6.34. The summed E-state index contributed by atoms with van der Waals surface area (Å²) >= 11 is 0. The Balaban J connectivity index is 4.03. The fourth-order valence-corrected chi connectivity index (χ4v) is 0.401. The van der Waals surface area contributed by atoms with Crippen LogP contribution < -0.4 is 0 Å². The minimum absolute atomic E-state index is 0.884. The topological polar surface area (TPSA) is 112 Å². The van der Waals surface area contributed by atoms with Crippen molar-refractivity contribution in [3.8, 4) is 0 Å². The smallest absolute Gasteiger partial charge is 0.375 e. The fourth-order valence-electron chi connectivity index (χ4n) is 0.401. The maximum atomic E-state index is 10.3. The number of carboxylic acid groups (broad SMARTS) is 2. The molecule has 0 spiro atoms. The molecular weight excluding hydrogens is 156 g/mol. The van der Waals surface area contributed by atoms with Crippen LogP contribution in [0.4, 0.5) is 0 Å². The van der Waals surface area contributed by atoms with Gasteiger partial charge in [-0.15, -0.1) is 0 Å². The molecule has 1 atom stereocenters. The van der Waals surface area contributed by atoms with Crippen LogP contribution in [0.1, 0.15) is 6.42 Å². The van der Waals surface area contributed by atoms with Gasteiger partial charge in [-0.05, 0) is 0 Å². The number of Topliss-reactive ketones (excluding diaryl/α,β-unsaturated/α-hetero) is 1. The van der Waals surface area contributed by atoms with Crippen LogP contribution in [0.25, 0.3) is 0 Å². The number of aliphatic hydroxyl groups excluding tert-OH is 1. The molecule has 11 heavy (non-hydrogen) atoms. The molecule has 0 aromatic heterocycles. The predicted molar refractivity (Wildman–Crippen MR) is 30.9 cm³/mol. The van der Waals surface area contributed by atoms with E-state index in [1.165, 1.54) is 0 Å². The van der Waals surface area contributed by atoms with Crippen LogP contribution in [-0.2, 0) is 14.4 Å². The molecular formula is C5H6O6. The van der Waals surface area contributed by atoms with Gasteiger partial charge in [-0.25, -0.2) is 4.79 Å². The molecule has 0 saturated carbocycles. The molecule has 0 unspecified atom stereocenters. The summed E-state index contributed by atoms with van der Waals surface area (Å²) in [5, 5.41) is 24.5. The van der Waals surface area contributed by atoms with Crippen LogP contribution in [0.5, 0.6) is 0 Å². The molecule has 6 heteroatoms. The summed E-state index contributed by atoms with van der Waals surface area (Å²) < 4.78 is 0. The van der Waals surface area contributed by atoms with Gasteiger partial charge in [0.25, 0.3) is 5.78 Å². The highest BCUT2D eigenvalue weighted by Crippen LogP contribution is 1.93. The lowest BCUT2D eigenvalue weighted by atomic mass is 10.2. The van der Waals surface area contributed by atoms with E-state index >= 15 is 0 Å². The Morgan fingerprint density at radius 3 is 1.91 bits per heavy atom. The maximum absolute atomic E-state index is 10.3. The molecule has 0 aromatic rings. The monoisotopic (exact) mass is 162 g/mol. The molecule has 0 rings (SSSR count). The second-order valence-electron chi connectivity index (χ2n) is 1.78. The Hall–Kier alpha value is -1.43. The molecule has 0 aliphatic rings. The van der Waals surface area contributed by atoms with Crippen LogP contribution in [0.2, 0.25) is 0 Å². The molecule has 0 aromatic carbocycles. The van der Waals surface area contributed by atoms with Crippen molar-refractivity contribution in [2.45, 2.75) is 12.5 Å². The number of ketones is 1. The summed E-state index contributed by atoms with van der Waals surface area (Å²) in [7, 11) is 0. The molecule has 3 N–H and O–H groups in total. The molecule has 0 aliphatic heterocycles. The second-order valence-corrected chi connectivity index (χ2v) is 1.78. The summed E-state index contributed by atoms with van der Waals surface area (Å²) in [6.07, 6.45) is -2.84. The van der Waals surface area contributed by atoms with Crippen molar-refractivity contribution in [1.29, 1.82) is 0 Å². The first-order valence-electron chi connectivity index (χ1n) is 2.62. The predicted octanol–water partition coefficient (Wildman–Crippen LogP) is -1.52. The first-order valence-corrected chi connectivity index (χ1v) is 2.62. The molecule has 0 amide bonds. The highest BCUT2D eigenvalue weighted by atomic mass is 16.4. The van der Waals surface area contributed by atoms with Gasteiger partial charge in [0.15, 0.2) is 0 Å². The Morgan fingerprint density at radius 2 is 1.64 bits per heavy atom. The van der Waals surface area contributed by atoms with Gasteiger partial charge < -0.3 is 15.3 Å². The van der Waals surface area contributed by atoms with Crippen molar-refractivity contribution in [2.24, 2.45) is 0 Å². The fraction of sp³-hybridized carbons (Fsp3) is 0.400. The van der Waals surface area contributed by atoms with Gasteiger partial charge in [-0.1, -0.05) is 0 Å². The van der Waals surface area contributed by atoms with Gasteiger partial charge in [-0.2, -0.15) is 0 Å². The molecule has 0 heterocycles. The van der Waals surface area contributed by atoms with Gasteiger partial charge >= 0.3 is 11.9 Å². The lowest BCUT2D eigenvalue weighted by molar-refractivity contribution is -0.155. The van der Waals surface area contributed by atoms with Gasteiger partial charge in [-0.3, -0.25) is 9.59 Å². The number of hydrogen-bond acceptors (Lipinski definition) is 4. The van der Waals surface area contributed by atoms with Crippen LogP contribution in [0.15, 0.2) is 0 Å². The van der Waals surface area contributed by atoms with E-state index in [9.17, 15) is 14.4 Å². The first-order chi connectivity index (χ1) is 4.95. The van der Waals surface area contributed by atoms with E-state index in [1.54, 1.807) is 0 Å². The van der Waals surface area contributed by atoms with Gasteiger partial charge in [0, 0.05) is 0 Å². The molecule has 0 aliphatic carbocycles. The third-order valence-corrected chi connectivity index (χ3v) is 0.881. The number of rotatable bonds is 4. The SMILES string of the molecule is O=C(O)C[C@@H](O)C(=O)C(=O)O. The third kappa shape index (κ3) is 3.31. The summed E-state index contributed by atoms with van der Waals surface area (Å²) in [4.78, 5) is 29.9. The molecule has 0 bridgehead atoms. The van der Waals surface area contributed by atoms with E-state index in [0.717, 1.165) is 0 Å². The summed E-state index contributed by atoms with van der Waals surface area (Å²) in [6.45, 7) is 0. The Kier molecular flexibility index (Phi) is 3.19. The summed E-state index contributed by atoms with van der Waals surface area (Å²) in [6, 6.07) is 0. The second kappa shape index (κ2) is 3.67. The summed E-state index contributed by atoms with van der Waals surface area (Å²) in [5.41, 5.74) is 0. The Morgan fingerprint density at radius 1 is 1.18 bits per heavy atom. The van der Waals surface area contributed by atoms with Gasteiger partial charge in [0.05, 0.1) is 6.42 Å². The quantitative estimate of drug-likeness (QED) is 0.432.